The van der Waals surface area contributed by atoms with Crippen molar-refractivity contribution in [3.05, 3.63) is 0 Å². The highest BCUT2D eigenvalue weighted by Crippen LogP contribution is 2.52. The van der Waals surface area contributed by atoms with Gasteiger partial charge in [-0.1, -0.05) is 0 Å². The predicted molar refractivity (Wildman–Crippen MR) is 52.1 cm³/mol. The van der Waals surface area contributed by atoms with Crippen LogP contribution in [0.2, 0.25) is 0 Å². The first-order valence-electron chi connectivity index (χ1n) is 5.54. The normalized spacial score (nSPS) is 37.9. The van der Waals surface area contributed by atoms with E-state index in [4.69, 9.17) is 9.84 Å². The molecule has 0 aromatic carbocycles. The van der Waals surface area contributed by atoms with Gasteiger partial charge in [0, 0.05) is 0 Å². The molecule has 2 rings (SSSR count). The maximum Gasteiger partial charge on any atom is 0.310 e. The standard InChI is InChI=1S/C11H16O4/c1-2-15-11(14)9-7-4-3-6(5-7)8(9)10(12)13/h6-9H,2-5H2,1H3,(H,12,13)/t6-,7+,8+,9+/m0/s1. The van der Waals surface area contributed by atoms with Crippen LogP contribution in [0, 0.1) is 23.7 Å². The van der Waals surface area contributed by atoms with Crippen LogP contribution in [0.25, 0.3) is 0 Å². The Labute approximate surface area is 88.6 Å². The Hall–Kier alpha value is -1.06. The smallest absolute Gasteiger partial charge is 0.310 e. The molecule has 4 heteroatoms. The molecule has 1 N–H and O–H groups in total. The summed E-state index contributed by atoms with van der Waals surface area (Å²) in [5.74, 6) is -1.58. The molecule has 2 saturated carbocycles. The van der Waals surface area contributed by atoms with Crippen molar-refractivity contribution in [2.45, 2.75) is 26.2 Å². The lowest BCUT2D eigenvalue weighted by molar-refractivity contribution is -0.159. The summed E-state index contributed by atoms with van der Waals surface area (Å²) in [5.41, 5.74) is 0. The zero-order chi connectivity index (χ0) is 11.0. The third kappa shape index (κ3) is 1.62. The average molecular weight is 212 g/mol. The molecule has 2 aliphatic rings. The van der Waals surface area contributed by atoms with Crippen LogP contribution < -0.4 is 0 Å². The van der Waals surface area contributed by atoms with Gasteiger partial charge >= 0.3 is 11.9 Å². The largest absolute Gasteiger partial charge is 0.481 e. The average Bonchev–Trinajstić information content (AvgIpc) is 2.76. The van der Waals surface area contributed by atoms with E-state index in [1.807, 2.05) is 0 Å². The molecule has 15 heavy (non-hydrogen) atoms. The zero-order valence-electron chi connectivity index (χ0n) is 8.81. The Kier molecular flexibility index (Phi) is 2.67. The van der Waals surface area contributed by atoms with Gasteiger partial charge < -0.3 is 9.84 Å². The van der Waals surface area contributed by atoms with Crippen molar-refractivity contribution >= 4 is 11.9 Å². The van der Waals surface area contributed by atoms with E-state index in [0.717, 1.165) is 19.3 Å². The highest BCUT2D eigenvalue weighted by atomic mass is 16.5. The Morgan fingerprint density at radius 3 is 2.40 bits per heavy atom. The van der Waals surface area contributed by atoms with Crippen LogP contribution in [0.1, 0.15) is 26.2 Å². The summed E-state index contributed by atoms with van der Waals surface area (Å²) in [5, 5.41) is 9.12. The van der Waals surface area contributed by atoms with Crippen LogP contribution in [-0.4, -0.2) is 23.7 Å². The number of esters is 1. The van der Waals surface area contributed by atoms with Crippen LogP contribution >= 0.6 is 0 Å². The number of carbonyl (C=O) groups is 2. The maximum atomic E-state index is 11.7. The Bertz CT molecular complexity index is 286. The van der Waals surface area contributed by atoms with Crippen molar-refractivity contribution in [2.75, 3.05) is 6.61 Å². The SMILES string of the molecule is CCOC(=O)[C@@H]1[C@@H]2CC[C@@H](C2)[C@H]1C(=O)O. The van der Waals surface area contributed by atoms with Crippen molar-refractivity contribution in [2.24, 2.45) is 23.7 Å². The summed E-state index contributed by atoms with van der Waals surface area (Å²) in [7, 11) is 0. The molecule has 2 aliphatic carbocycles. The van der Waals surface area contributed by atoms with E-state index >= 15 is 0 Å². The molecule has 0 radical (unpaired) electrons. The van der Waals surface area contributed by atoms with E-state index in [-0.39, 0.29) is 23.7 Å². The molecular formula is C11H16O4. The minimum atomic E-state index is -0.833. The molecule has 0 spiro atoms. The zero-order valence-corrected chi connectivity index (χ0v) is 8.81. The summed E-state index contributed by atoms with van der Waals surface area (Å²) in [4.78, 5) is 22.8. The number of ether oxygens (including phenoxy) is 1. The van der Waals surface area contributed by atoms with E-state index < -0.39 is 11.9 Å². The Morgan fingerprint density at radius 1 is 1.27 bits per heavy atom. The van der Waals surface area contributed by atoms with E-state index in [9.17, 15) is 9.59 Å². The molecule has 0 saturated heterocycles. The summed E-state index contributed by atoms with van der Waals surface area (Å²) >= 11 is 0. The van der Waals surface area contributed by atoms with E-state index in [1.54, 1.807) is 6.92 Å². The summed E-state index contributed by atoms with van der Waals surface area (Å²) in [6.07, 6.45) is 2.83. The number of hydrogen-bond donors (Lipinski definition) is 1. The minimum Gasteiger partial charge on any atom is -0.481 e. The number of carbonyl (C=O) groups excluding carboxylic acids is 1. The highest BCUT2D eigenvalue weighted by Gasteiger charge is 2.54. The molecule has 4 nitrogen and oxygen atoms in total. The fourth-order valence-electron chi connectivity index (χ4n) is 3.22. The fourth-order valence-corrected chi connectivity index (χ4v) is 3.22. The van der Waals surface area contributed by atoms with Crippen molar-refractivity contribution in [3.8, 4) is 0 Å². The van der Waals surface area contributed by atoms with Crippen LogP contribution in [-0.2, 0) is 14.3 Å². The fraction of sp³-hybridized carbons (Fsp3) is 0.818. The molecule has 0 unspecified atom stereocenters. The van der Waals surface area contributed by atoms with Gasteiger partial charge in [-0.25, -0.2) is 0 Å². The summed E-state index contributed by atoms with van der Waals surface area (Å²) in [6, 6.07) is 0. The molecule has 0 amide bonds. The molecule has 2 fully saturated rings. The summed E-state index contributed by atoms with van der Waals surface area (Å²) < 4.78 is 4.96. The molecule has 0 aromatic rings. The second-order valence-corrected chi connectivity index (χ2v) is 4.48. The molecule has 84 valence electrons. The first-order chi connectivity index (χ1) is 7.15. The van der Waals surface area contributed by atoms with Gasteiger partial charge in [-0.05, 0) is 38.0 Å². The molecule has 0 aromatic heterocycles. The monoisotopic (exact) mass is 212 g/mol. The lowest BCUT2D eigenvalue weighted by Crippen LogP contribution is -2.35. The van der Waals surface area contributed by atoms with E-state index in [1.165, 1.54) is 0 Å². The lowest BCUT2D eigenvalue weighted by Gasteiger charge is -2.25. The number of hydrogen-bond acceptors (Lipinski definition) is 3. The van der Waals surface area contributed by atoms with Gasteiger partial charge in [0.2, 0.25) is 0 Å². The van der Waals surface area contributed by atoms with Crippen LogP contribution in [0.3, 0.4) is 0 Å². The number of fused-ring (bicyclic) bond motifs is 2. The van der Waals surface area contributed by atoms with Gasteiger partial charge in [-0.3, -0.25) is 9.59 Å². The number of carboxylic acids is 1. The van der Waals surface area contributed by atoms with E-state index in [0.29, 0.717) is 6.61 Å². The Balaban J connectivity index is 2.14. The van der Waals surface area contributed by atoms with Crippen molar-refractivity contribution in [1.29, 1.82) is 0 Å². The predicted octanol–water partition coefficient (Wildman–Crippen LogP) is 1.30. The number of carboxylic acid groups (broad SMARTS) is 1. The van der Waals surface area contributed by atoms with Gasteiger partial charge in [0.15, 0.2) is 0 Å². The topological polar surface area (TPSA) is 63.6 Å². The van der Waals surface area contributed by atoms with Crippen molar-refractivity contribution < 1.29 is 19.4 Å². The second-order valence-electron chi connectivity index (χ2n) is 4.48. The second kappa shape index (κ2) is 3.83. The lowest BCUT2D eigenvalue weighted by atomic mass is 9.79. The van der Waals surface area contributed by atoms with Crippen LogP contribution in [0.15, 0.2) is 0 Å². The first kappa shape index (κ1) is 10.5. The molecule has 4 atom stereocenters. The minimum absolute atomic E-state index is 0.196. The highest BCUT2D eigenvalue weighted by molar-refractivity contribution is 5.82. The first-order valence-corrected chi connectivity index (χ1v) is 5.54. The molecular weight excluding hydrogens is 196 g/mol. The van der Waals surface area contributed by atoms with Gasteiger partial charge in [0.1, 0.15) is 0 Å². The maximum absolute atomic E-state index is 11.7. The van der Waals surface area contributed by atoms with Gasteiger partial charge in [-0.15, -0.1) is 0 Å². The van der Waals surface area contributed by atoms with Gasteiger partial charge in [0.05, 0.1) is 18.4 Å². The number of rotatable bonds is 3. The number of aliphatic carboxylic acids is 1. The van der Waals surface area contributed by atoms with E-state index in [2.05, 4.69) is 0 Å². The molecule has 0 aliphatic heterocycles. The van der Waals surface area contributed by atoms with Crippen molar-refractivity contribution in [1.82, 2.24) is 0 Å². The third-order valence-corrected chi connectivity index (χ3v) is 3.76. The van der Waals surface area contributed by atoms with Crippen molar-refractivity contribution in [3.63, 3.8) is 0 Å². The Morgan fingerprint density at radius 2 is 1.87 bits per heavy atom. The van der Waals surface area contributed by atoms with Gasteiger partial charge in [0.25, 0.3) is 0 Å². The molecule has 2 bridgehead atoms. The summed E-state index contributed by atoms with van der Waals surface area (Å²) in [6.45, 7) is 2.08. The quantitative estimate of drug-likeness (QED) is 0.716. The molecule has 0 heterocycles. The van der Waals surface area contributed by atoms with Crippen LogP contribution in [0.5, 0.6) is 0 Å². The third-order valence-electron chi connectivity index (χ3n) is 3.76. The van der Waals surface area contributed by atoms with Crippen LogP contribution in [0.4, 0.5) is 0 Å². The van der Waals surface area contributed by atoms with Gasteiger partial charge in [-0.2, -0.15) is 0 Å².